The molecule has 1 saturated carbocycles. The molecular formula is C20H22F2N2O2. The maximum absolute atomic E-state index is 13.7. The van der Waals surface area contributed by atoms with E-state index in [4.69, 9.17) is 4.74 Å². The van der Waals surface area contributed by atoms with Crippen molar-refractivity contribution in [1.29, 1.82) is 0 Å². The number of carbonyl (C=O) groups excluding carboxylic acids is 1. The predicted molar refractivity (Wildman–Crippen MR) is 96.7 cm³/mol. The number of nitrogens with one attached hydrogen (secondary N) is 2. The van der Waals surface area contributed by atoms with Crippen LogP contribution < -0.4 is 15.4 Å². The van der Waals surface area contributed by atoms with Crippen molar-refractivity contribution >= 4 is 11.7 Å². The van der Waals surface area contributed by atoms with Crippen LogP contribution in [0.15, 0.2) is 48.5 Å². The summed E-state index contributed by atoms with van der Waals surface area (Å²) in [6.07, 6.45) is 2.57. The average Bonchev–Trinajstić information content (AvgIpc) is 2.57. The Morgan fingerprint density at radius 1 is 1.15 bits per heavy atom. The highest BCUT2D eigenvalue weighted by molar-refractivity contribution is 5.91. The van der Waals surface area contributed by atoms with Crippen molar-refractivity contribution in [1.82, 2.24) is 5.32 Å². The molecule has 3 rings (SSSR count). The molecule has 26 heavy (non-hydrogen) atoms. The van der Waals surface area contributed by atoms with Crippen LogP contribution in [0.2, 0.25) is 0 Å². The van der Waals surface area contributed by atoms with E-state index in [1.165, 1.54) is 18.2 Å². The molecular weight excluding hydrogens is 338 g/mol. The van der Waals surface area contributed by atoms with Crippen molar-refractivity contribution in [3.05, 3.63) is 59.7 Å². The minimum Gasteiger partial charge on any atom is -0.497 e. The Bertz CT molecular complexity index is 798. The van der Waals surface area contributed by atoms with Gasteiger partial charge in [-0.05, 0) is 43.0 Å². The minimum atomic E-state index is -3.04. The Morgan fingerprint density at radius 2 is 1.88 bits per heavy atom. The van der Waals surface area contributed by atoms with Crippen LogP contribution >= 0.6 is 0 Å². The van der Waals surface area contributed by atoms with E-state index in [2.05, 4.69) is 10.6 Å². The second-order valence-corrected chi connectivity index (χ2v) is 6.68. The van der Waals surface area contributed by atoms with Gasteiger partial charge in [0.05, 0.1) is 18.3 Å². The summed E-state index contributed by atoms with van der Waals surface area (Å²) in [7, 11) is 1.59. The molecule has 2 N–H and O–H groups in total. The summed E-state index contributed by atoms with van der Waals surface area (Å²) in [5.74, 6) is -2.32. The number of benzene rings is 2. The number of halogens is 2. The standard InChI is InChI=1S/C20H22F2N2O2/c1-19(21,22)16-9-3-4-10-17(16)23-18(25)24-20(11-6-12-20)14-7-5-8-15(13-14)26-2/h3-5,7-10,13H,6,11-12H2,1-2H3,(H2,23,24,25). The number of carbonyl (C=O) groups is 1. The van der Waals surface area contributed by atoms with Gasteiger partial charge < -0.3 is 15.4 Å². The lowest BCUT2D eigenvalue weighted by molar-refractivity contribution is 0.0183. The van der Waals surface area contributed by atoms with Crippen LogP contribution in [0.4, 0.5) is 19.3 Å². The van der Waals surface area contributed by atoms with Gasteiger partial charge in [0.25, 0.3) is 5.92 Å². The first-order valence-corrected chi connectivity index (χ1v) is 8.55. The van der Waals surface area contributed by atoms with Gasteiger partial charge in [-0.1, -0.05) is 30.3 Å². The molecule has 0 heterocycles. The molecule has 0 aromatic heterocycles. The highest BCUT2D eigenvalue weighted by atomic mass is 19.3. The molecule has 2 aromatic rings. The molecule has 0 radical (unpaired) electrons. The van der Waals surface area contributed by atoms with Crippen LogP contribution in [0.1, 0.15) is 37.3 Å². The second-order valence-electron chi connectivity index (χ2n) is 6.68. The number of hydrogen-bond donors (Lipinski definition) is 2. The summed E-state index contributed by atoms with van der Waals surface area (Å²) >= 11 is 0. The first kappa shape index (κ1) is 18.2. The molecule has 2 amide bonds. The quantitative estimate of drug-likeness (QED) is 0.788. The van der Waals surface area contributed by atoms with Crippen LogP contribution in [0.5, 0.6) is 5.75 Å². The van der Waals surface area contributed by atoms with Crippen LogP contribution in [-0.2, 0) is 11.5 Å². The minimum absolute atomic E-state index is 0.109. The molecule has 0 unspecified atom stereocenters. The number of ether oxygens (including phenoxy) is 1. The third-order valence-electron chi connectivity index (χ3n) is 4.83. The Hall–Kier alpha value is -2.63. The van der Waals surface area contributed by atoms with E-state index in [9.17, 15) is 13.6 Å². The second kappa shape index (κ2) is 6.94. The summed E-state index contributed by atoms with van der Waals surface area (Å²) in [6, 6.07) is 13.0. The molecule has 0 atom stereocenters. The number of amides is 2. The van der Waals surface area contributed by atoms with Gasteiger partial charge in [0.2, 0.25) is 0 Å². The van der Waals surface area contributed by atoms with Gasteiger partial charge in [0.1, 0.15) is 5.75 Å². The van der Waals surface area contributed by atoms with Crippen molar-refractivity contribution in [3.63, 3.8) is 0 Å². The number of anilines is 1. The molecule has 138 valence electrons. The van der Waals surface area contributed by atoms with Gasteiger partial charge in [-0.25, -0.2) is 13.6 Å². The van der Waals surface area contributed by atoms with Gasteiger partial charge in [-0.15, -0.1) is 0 Å². The zero-order chi connectivity index (χ0) is 18.8. The lowest BCUT2D eigenvalue weighted by Gasteiger charge is -2.43. The average molecular weight is 360 g/mol. The molecule has 0 spiro atoms. The van der Waals surface area contributed by atoms with Crippen LogP contribution in [0.25, 0.3) is 0 Å². The van der Waals surface area contributed by atoms with Gasteiger partial charge in [-0.2, -0.15) is 0 Å². The van der Waals surface area contributed by atoms with Crippen molar-refractivity contribution in [2.45, 2.75) is 37.6 Å². The summed E-state index contributed by atoms with van der Waals surface area (Å²) < 4.78 is 32.7. The largest absolute Gasteiger partial charge is 0.497 e. The lowest BCUT2D eigenvalue weighted by atomic mass is 9.72. The zero-order valence-electron chi connectivity index (χ0n) is 14.8. The third-order valence-corrected chi connectivity index (χ3v) is 4.83. The number of rotatable bonds is 5. The summed E-state index contributed by atoms with van der Waals surface area (Å²) in [4.78, 5) is 12.5. The molecule has 1 aliphatic rings. The van der Waals surface area contributed by atoms with Gasteiger partial charge in [0, 0.05) is 12.5 Å². The highest BCUT2D eigenvalue weighted by Gasteiger charge is 2.40. The Morgan fingerprint density at radius 3 is 2.50 bits per heavy atom. The molecule has 0 bridgehead atoms. The van der Waals surface area contributed by atoms with Gasteiger partial charge in [0.15, 0.2) is 0 Å². The van der Waals surface area contributed by atoms with E-state index < -0.39 is 17.5 Å². The normalized spacial score (nSPS) is 15.7. The van der Waals surface area contributed by atoms with Crippen LogP contribution in [0, 0.1) is 0 Å². The summed E-state index contributed by atoms with van der Waals surface area (Å²) in [5, 5.41) is 5.55. The molecule has 2 aromatic carbocycles. The highest BCUT2D eigenvalue weighted by Crippen LogP contribution is 2.42. The monoisotopic (exact) mass is 360 g/mol. The van der Waals surface area contributed by atoms with E-state index in [0.717, 1.165) is 31.7 Å². The van der Waals surface area contributed by atoms with Crippen LogP contribution in [-0.4, -0.2) is 13.1 Å². The van der Waals surface area contributed by atoms with Gasteiger partial charge in [-0.3, -0.25) is 0 Å². The fourth-order valence-corrected chi connectivity index (χ4v) is 3.28. The Labute approximate surface area is 151 Å². The number of urea groups is 1. The zero-order valence-corrected chi connectivity index (χ0v) is 14.8. The topological polar surface area (TPSA) is 50.4 Å². The van der Waals surface area contributed by atoms with Crippen molar-refractivity contribution < 1.29 is 18.3 Å². The SMILES string of the molecule is COc1cccc(C2(NC(=O)Nc3ccccc3C(C)(F)F)CCC2)c1. The number of alkyl halides is 2. The number of hydrogen-bond acceptors (Lipinski definition) is 2. The Kier molecular flexibility index (Phi) is 4.85. The third kappa shape index (κ3) is 3.64. The summed E-state index contributed by atoms with van der Waals surface area (Å²) in [5.41, 5.74) is 0.353. The van der Waals surface area contributed by atoms with Crippen LogP contribution in [0.3, 0.4) is 0 Å². The summed E-state index contributed by atoms with van der Waals surface area (Å²) in [6.45, 7) is 0.815. The van der Waals surface area contributed by atoms with Gasteiger partial charge >= 0.3 is 6.03 Å². The molecule has 4 nitrogen and oxygen atoms in total. The number of para-hydroxylation sites is 1. The number of methoxy groups -OCH3 is 1. The molecule has 6 heteroatoms. The molecule has 1 aliphatic carbocycles. The van der Waals surface area contributed by atoms with E-state index in [0.29, 0.717) is 5.75 Å². The smallest absolute Gasteiger partial charge is 0.319 e. The van der Waals surface area contributed by atoms with E-state index in [1.54, 1.807) is 13.2 Å². The van der Waals surface area contributed by atoms with E-state index >= 15 is 0 Å². The van der Waals surface area contributed by atoms with Crippen molar-refractivity contribution in [2.24, 2.45) is 0 Å². The molecule has 1 fully saturated rings. The first-order valence-electron chi connectivity index (χ1n) is 8.55. The lowest BCUT2D eigenvalue weighted by Crippen LogP contribution is -2.52. The molecule has 0 aliphatic heterocycles. The maximum Gasteiger partial charge on any atom is 0.319 e. The fraction of sp³-hybridized carbons (Fsp3) is 0.350. The van der Waals surface area contributed by atoms with Crippen molar-refractivity contribution in [3.8, 4) is 5.75 Å². The van der Waals surface area contributed by atoms with E-state index in [1.807, 2.05) is 24.3 Å². The van der Waals surface area contributed by atoms with E-state index in [-0.39, 0.29) is 11.3 Å². The first-order chi connectivity index (χ1) is 12.3. The fourth-order valence-electron chi connectivity index (χ4n) is 3.28. The van der Waals surface area contributed by atoms with Crippen molar-refractivity contribution in [2.75, 3.05) is 12.4 Å². The Balaban J connectivity index is 1.79. The maximum atomic E-state index is 13.7. The molecule has 0 saturated heterocycles. The predicted octanol–water partition coefficient (Wildman–Crippen LogP) is 5.01.